The predicted molar refractivity (Wildman–Crippen MR) is 118 cm³/mol. The van der Waals surface area contributed by atoms with Crippen molar-refractivity contribution in [2.24, 2.45) is 0 Å². The van der Waals surface area contributed by atoms with Gasteiger partial charge in [-0.15, -0.1) is 0 Å². The molecule has 3 rings (SSSR count). The Kier molecular flexibility index (Phi) is 7.77. The zero-order chi connectivity index (χ0) is 24.0. The summed E-state index contributed by atoms with van der Waals surface area (Å²) in [6, 6.07) is 12.2. The third-order valence-electron chi connectivity index (χ3n) is 5.28. The van der Waals surface area contributed by atoms with Crippen LogP contribution in [0.25, 0.3) is 0 Å². The molecule has 2 aromatic carbocycles. The molecule has 2 aromatic rings. The van der Waals surface area contributed by atoms with Crippen LogP contribution in [0, 0.1) is 0 Å². The highest BCUT2D eigenvalue weighted by molar-refractivity contribution is 7.86. The highest BCUT2D eigenvalue weighted by Gasteiger charge is 2.50. The molecule has 10 nitrogen and oxygen atoms in total. The Morgan fingerprint density at radius 1 is 1.06 bits per heavy atom. The molecule has 1 fully saturated rings. The van der Waals surface area contributed by atoms with Gasteiger partial charge in [-0.1, -0.05) is 30.3 Å². The van der Waals surface area contributed by atoms with Gasteiger partial charge in [-0.25, -0.2) is 4.79 Å². The fourth-order valence-electron chi connectivity index (χ4n) is 3.48. The highest BCUT2D eigenvalue weighted by atomic mass is 32.2. The Labute approximate surface area is 192 Å². The van der Waals surface area contributed by atoms with Gasteiger partial charge in [-0.2, -0.15) is 8.42 Å². The van der Waals surface area contributed by atoms with E-state index in [-0.39, 0.29) is 13.2 Å². The SMILES string of the molecule is COc1ccc(CN2C(=O)[C@@H](NC(=O)OCc3ccccc3)[C@H]2CS(=O)(=O)OC)c(OC)c1. The minimum absolute atomic E-state index is 0.0153. The summed E-state index contributed by atoms with van der Waals surface area (Å²) in [5, 5.41) is 2.47. The number of carbonyl (C=O) groups excluding carboxylic acids is 2. The van der Waals surface area contributed by atoms with Crippen LogP contribution < -0.4 is 14.8 Å². The van der Waals surface area contributed by atoms with E-state index in [0.29, 0.717) is 17.1 Å². The number of ether oxygens (including phenoxy) is 3. The fraction of sp³-hybridized carbons (Fsp3) is 0.364. The van der Waals surface area contributed by atoms with Crippen molar-refractivity contribution in [1.82, 2.24) is 10.2 Å². The number of benzene rings is 2. The maximum atomic E-state index is 12.8. The van der Waals surface area contributed by atoms with Gasteiger partial charge < -0.3 is 24.4 Å². The van der Waals surface area contributed by atoms with Crippen LogP contribution in [0.2, 0.25) is 0 Å². The minimum Gasteiger partial charge on any atom is -0.497 e. The summed E-state index contributed by atoms with van der Waals surface area (Å²) in [5.74, 6) is 0.122. The van der Waals surface area contributed by atoms with E-state index >= 15 is 0 Å². The third kappa shape index (κ3) is 5.93. The summed E-state index contributed by atoms with van der Waals surface area (Å²) < 4.78 is 44.5. The zero-order valence-corrected chi connectivity index (χ0v) is 19.3. The van der Waals surface area contributed by atoms with Crippen LogP contribution in [0.15, 0.2) is 48.5 Å². The predicted octanol–water partition coefficient (Wildman–Crippen LogP) is 1.69. The smallest absolute Gasteiger partial charge is 0.408 e. The first-order chi connectivity index (χ1) is 15.8. The van der Waals surface area contributed by atoms with Crippen LogP contribution >= 0.6 is 0 Å². The molecule has 2 atom stereocenters. The molecule has 178 valence electrons. The maximum absolute atomic E-state index is 12.8. The number of methoxy groups -OCH3 is 2. The van der Waals surface area contributed by atoms with E-state index in [0.717, 1.165) is 12.7 Å². The molecular formula is C22H26N2O8S. The Bertz CT molecular complexity index is 1090. The van der Waals surface area contributed by atoms with Crippen LogP contribution in [0.4, 0.5) is 4.79 Å². The van der Waals surface area contributed by atoms with E-state index in [1.807, 2.05) is 18.2 Å². The molecule has 0 spiro atoms. The van der Waals surface area contributed by atoms with Crippen molar-refractivity contribution in [1.29, 1.82) is 0 Å². The van der Waals surface area contributed by atoms with Gasteiger partial charge in [0.05, 0.1) is 33.1 Å². The van der Waals surface area contributed by atoms with Gasteiger partial charge in [0, 0.05) is 18.2 Å². The van der Waals surface area contributed by atoms with E-state index in [2.05, 4.69) is 9.50 Å². The van der Waals surface area contributed by atoms with Crippen LogP contribution in [-0.2, 0) is 37.0 Å². The van der Waals surface area contributed by atoms with Crippen molar-refractivity contribution in [3.05, 3.63) is 59.7 Å². The molecule has 0 radical (unpaired) electrons. The second-order valence-corrected chi connectivity index (χ2v) is 9.07. The number of alkyl carbamates (subject to hydrolysis) is 1. The van der Waals surface area contributed by atoms with E-state index in [1.54, 1.807) is 30.3 Å². The lowest BCUT2D eigenvalue weighted by Crippen LogP contribution is -2.72. The first kappa shape index (κ1) is 24.3. The molecule has 1 saturated heterocycles. The zero-order valence-electron chi connectivity index (χ0n) is 18.5. The number of rotatable bonds is 10. The van der Waals surface area contributed by atoms with Gasteiger partial charge in [0.25, 0.3) is 10.1 Å². The Hall–Kier alpha value is -3.31. The molecule has 0 unspecified atom stereocenters. The summed E-state index contributed by atoms with van der Waals surface area (Å²) >= 11 is 0. The fourth-order valence-corrected chi connectivity index (χ4v) is 4.41. The first-order valence-electron chi connectivity index (χ1n) is 10.0. The van der Waals surface area contributed by atoms with Crippen molar-refractivity contribution >= 4 is 22.1 Å². The van der Waals surface area contributed by atoms with Gasteiger partial charge in [0.1, 0.15) is 24.1 Å². The van der Waals surface area contributed by atoms with Crippen LogP contribution in [0.3, 0.4) is 0 Å². The molecule has 0 aliphatic carbocycles. The second kappa shape index (κ2) is 10.5. The lowest BCUT2D eigenvalue weighted by atomic mass is 9.95. The maximum Gasteiger partial charge on any atom is 0.408 e. The summed E-state index contributed by atoms with van der Waals surface area (Å²) in [7, 11) is 0.131. The monoisotopic (exact) mass is 478 g/mol. The average Bonchev–Trinajstić information content (AvgIpc) is 2.84. The number of nitrogens with zero attached hydrogens (tertiary/aromatic N) is 1. The van der Waals surface area contributed by atoms with Crippen molar-refractivity contribution < 1.29 is 36.4 Å². The number of amides is 2. The molecule has 1 aliphatic heterocycles. The standard InChI is InChI=1S/C22H26N2O8S/c1-29-17-10-9-16(19(11-17)30-2)12-24-18(14-33(27,28)31-3)20(21(24)25)23-22(26)32-13-15-7-5-4-6-8-15/h4-11,18,20H,12-14H2,1-3H3,(H,23,26)/t18-,20+/m1/s1. The number of β-lactam (4-membered cyclic amide) rings is 1. The quantitative estimate of drug-likeness (QED) is 0.405. The van der Waals surface area contributed by atoms with Crippen LogP contribution in [-0.4, -0.2) is 64.5 Å². The largest absolute Gasteiger partial charge is 0.497 e. The van der Waals surface area contributed by atoms with Crippen LogP contribution in [0.1, 0.15) is 11.1 Å². The number of likely N-dealkylation sites (tertiary alicyclic amines) is 1. The Morgan fingerprint density at radius 3 is 2.42 bits per heavy atom. The second-order valence-electron chi connectivity index (χ2n) is 7.29. The third-order valence-corrected chi connectivity index (χ3v) is 6.54. The van der Waals surface area contributed by atoms with Gasteiger partial charge in [0.15, 0.2) is 0 Å². The molecule has 33 heavy (non-hydrogen) atoms. The Balaban J connectivity index is 1.72. The molecule has 0 saturated carbocycles. The molecule has 0 bridgehead atoms. The molecule has 2 amide bonds. The van der Waals surface area contributed by atoms with Crippen molar-refractivity contribution in [2.45, 2.75) is 25.2 Å². The minimum atomic E-state index is -3.92. The van der Waals surface area contributed by atoms with Crippen molar-refractivity contribution in [3.8, 4) is 11.5 Å². The summed E-state index contributed by atoms with van der Waals surface area (Å²) in [4.78, 5) is 26.5. The van der Waals surface area contributed by atoms with Crippen molar-refractivity contribution in [3.63, 3.8) is 0 Å². The lowest BCUT2D eigenvalue weighted by Gasteiger charge is -2.46. The van der Waals surface area contributed by atoms with Gasteiger partial charge in [-0.3, -0.25) is 8.98 Å². The van der Waals surface area contributed by atoms with Gasteiger partial charge >= 0.3 is 6.09 Å². The number of hydrogen-bond donors (Lipinski definition) is 1. The van der Waals surface area contributed by atoms with E-state index in [9.17, 15) is 18.0 Å². The van der Waals surface area contributed by atoms with Crippen molar-refractivity contribution in [2.75, 3.05) is 27.1 Å². The van der Waals surface area contributed by atoms with Gasteiger partial charge in [-0.05, 0) is 17.7 Å². The Morgan fingerprint density at radius 2 is 1.79 bits per heavy atom. The first-order valence-corrected chi connectivity index (χ1v) is 11.6. The summed E-state index contributed by atoms with van der Waals surface area (Å²) in [5.41, 5.74) is 1.43. The van der Waals surface area contributed by atoms with E-state index in [4.69, 9.17) is 14.2 Å². The highest BCUT2D eigenvalue weighted by Crippen LogP contribution is 2.30. The normalized spacial score (nSPS) is 17.8. The molecule has 0 aromatic heterocycles. The number of nitrogens with one attached hydrogen (secondary N) is 1. The molecule has 11 heteroatoms. The number of carbonyl (C=O) groups is 2. The lowest BCUT2D eigenvalue weighted by molar-refractivity contribution is -0.150. The summed E-state index contributed by atoms with van der Waals surface area (Å²) in [6.45, 7) is 0.0918. The van der Waals surface area contributed by atoms with Gasteiger partial charge in [0.2, 0.25) is 5.91 Å². The topological polar surface area (TPSA) is 120 Å². The molecule has 1 heterocycles. The average molecular weight is 479 g/mol. The van der Waals surface area contributed by atoms with E-state index in [1.165, 1.54) is 19.1 Å². The van der Waals surface area contributed by atoms with Crippen LogP contribution in [0.5, 0.6) is 11.5 Å². The molecule has 1 N–H and O–H groups in total. The number of hydrogen-bond acceptors (Lipinski definition) is 8. The molecular weight excluding hydrogens is 452 g/mol. The summed E-state index contributed by atoms with van der Waals surface area (Å²) in [6.07, 6.45) is -0.821. The molecule has 1 aliphatic rings. The van der Waals surface area contributed by atoms with E-state index < -0.39 is 40.0 Å².